The summed E-state index contributed by atoms with van der Waals surface area (Å²) in [4.78, 5) is 2.38. The predicted molar refractivity (Wildman–Crippen MR) is 182 cm³/mol. The third-order valence-corrected chi connectivity index (χ3v) is 9.73. The van der Waals surface area contributed by atoms with E-state index < -0.39 is 0 Å². The van der Waals surface area contributed by atoms with Crippen molar-refractivity contribution >= 4 is 27.9 Å². The minimum atomic E-state index is -0.195. The molecule has 0 saturated heterocycles. The Morgan fingerprint density at radius 3 is 2.00 bits per heavy atom. The fraction of sp³-hybridized carbons (Fsp3) is 0.195. The lowest BCUT2D eigenvalue weighted by Gasteiger charge is -2.28. The maximum Gasteiger partial charge on any atom is 0.209 e. The van der Waals surface area contributed by atoms with Gasteiger partial charge in [0.15, 0.2) is 5.71 Å². The minimum Gasteiger partial charge on any atom is -0.347 e. The second-order valence-corrected chi connectivity index (χ2v) is 12.6. The molecule has 0 amide bonds. The third-order valence-electron chi connectivity index (χ3n) is 9.73. The Hall–Kier alpha value is -4.69. The molecule has 0 spiro atoms. The normalized spacial score (nSPS) is 17.7. The summed E-state index contributed by atoms with van der Waals surface area (Å²) in [6, 6.07) is 44.2. The standard InChI is InChI=1S/C41H39N2/c1-40(2)37(43(4)36-27-26-32-20-11-12-21-33(32)39(36)40)24-15-25-38-41(28-30-16-7-5-8-17-30,29-31-18-9-6-10-19-31)34-22-13-14-23-35(34)42(38)3/h5-27H,28-29H2,1-4H3/q+1. The summed E-state index contributed by atoms with van der Waals surface area (Å²) in [7, 11) is 4.44. The number of nitrogens with zero attached hydrogens (tertiary/aromatic N) is 2. The van der Waals surface area contributed by atoms with Gasteiger partial charge in [-0.2, -0.15) is 4.58 Å². The van der Waals surface area contributed by atoms with E-state index in [9.17, 15) is 0 Å². The number of anilines is 1. The van der Waals surface area contributed by atoms with Crippen LogP contribution in [0.1, 0.15) is 36.1 Å². The van der Waals surface area contributed by atoms with E-state index in [1.54, 1.807) is 0 Å². The molecule has 0 N–H and O–H groups in total. The van der Waals surface area contributed by atoms with Gasteiger partial charge in [0.25, 0.3) is 0 Å². The number of para-hydroxylation sites is 1. The number of rotatable bonds is 6. The van der Waals surface area contributed by atoms with Crippen LogP contribution in [0.3, 0.4) is 0 Å². The first-order valence-corrected chi connectivity index (χ1v) is 15.3. The molecule has 2 heterocycles. The molecule has 0 unspecified atom stereocenters. The van der Waals surface area contributed by atoms with Crippen LogP contribution in [0.5, 0.6) is 0 Å². The Balaban J connectivity index is 1.35. The molecule has 2 aliphatic heterocycles. The van der Waals surface area contributed by atoms with Crippen LogP contribution in [-0.4, -0.2) is 24.4 Å². The predicted octanol–water partition coefficient (Wildman–Crippen LogP) is 9.16. The van der Waals surface area contributed by atoms with Crippen molar-refractivity contribution in [3.63, 3.8) is 0 Å². The smallest absolute Gasteiger partial charge is 0.209 e. The number of fused-ring (bicyclic) bond motifs is 4. The molecule has 0 aliphatic carbocycles. The van der Waals surface area contributed by atoms with Gasteiger partial charge in [-0.1, -0.05) is 129 Å². The molecule has 0 aromatic heterocycles. The van der Waals surface area contributed by atoms with E-state index in [4.69, 9.17) is 0 Å². The summed E-state index contributed by atoms with van der Waals surface area (Å²) in [6.07, 6.45) is 8.88. The van der Waals surface area contributed by atoms with Gasteiger partial charge in [0, 0.05) is 41.6 Å². The van der Waals surface area contributed by atoms with Crippen molar-refractivity contribution in [1.82, 2.24) is 0 Å². The van der Waals surface area contributed by atoms with Gasteiger partial charge in [0.1, 0.15) is 7.05 Å². The van der Waals surface area contributed by atoms with Crippen molar-refractivity contribution in [2.75, 3.05) is 19.0 Å². The van der Waals surface area contributed by atoms with E-state index in [1.807, 2.05) is 0 Å². The topological polar surface area (TPSA) is 6.25 Å². The van der Waals surface area contributed by atoms with E-state index in [0.717, 1.165) is 12.8 Å². The van der Waals surface area contributed by atoms with Gasteiger partial charge in [-0.3, -0.25) is 0 Å². The van der Waals surface area contributed by atoms with Gasteiger partial charge in [-0.15, -0.1) is 0 Å². The monoisotopic (exact) mass is 559 g/mol. The molecule has 0 bridgehead atoms. The van der Waals surface area contributed by atoms with E-state index in [-0.39, 0.29) is 10.8 Å². The lowest BCUT2D eigenvalue weighted by molar-refractivity contribution is -0.401. The first kappa shape index (κ1) is 27.2. The Morgan fingerprint density at radius 2 is 1.30 bits per heavy atom. The Morgan fingerprint density at radius 1 is 0.698 bits per heavy atom. The molecule has 0 radical (unpaired) electrons. The van der Waals surface area contributed by atoms with E-state index in [0.29, 0.717) is 0 Å². The van der Waals surface area contributed by atoms with E-state index in [1.165, 1.54) is 55.8 Å². The highest BCUT2D eigenvalue weighted by Gasteiger charge is 2.50. The van der Waals surface area contributed by atoms with Crippen molar-refractivity contribution in [2.45, 2.75) is 37.5 Å². The average Bonchev–Trinajstić information content (AvgIpc) is 3.37. The summed E-state index contributed by atoms with van der Waals surface area (Å²) in [5.41, 5.74) is 10.4. The van der Waals surface area contributed by atoms with Crippen molar-refractivity contribution in [2.24, 2.45) is 0 Å². The molecule has 0 saturated carbocycles. The molecule has 5 aromatic carbocycles. The zero-order chi connectivity index (χ0) is 29.6. The highest BCUT2D eigenvalue weighted by atomic mass is 15.2. The molecule has 0 fully saturated rings. The number of hydrogen-bond donors (Lipinski definition) is 0. The summed E-state index contributed by atoms with van der Waals surface area (Å²) >= 11 is 0. The molecule has 7 rings (SSSR count). The molecule has 0 atom stereocenters. The van der Waals surface area contributed by atoms with Crippen LogP contribution in [0, 0.1) is 0 Å². The van der Waals surface area contributed by atoms with Gasteiger partial charge in [0.2, 0.25) is 5.69 Å². The van der Waals surface area contributed by atoms with Gasteiger partial charge in [-0.05, 0) is 52.4 Å². The van der Waals surface area contributed by atoms with Crippen molar-refractivity contribution in [3.8, 4) is 0 Å². The van der Waals surface area contributed by atoms with Crippen molar-refractivity contribution in [3.05, 3.63) is 168 Å². The van der Waals surface area contributed by atoms with Crippen molar-refractivity contribution in [1.29, 1.82) is 0 Å². The highest BCUT2D eigenvalue weighted by molar-refractivity contribution is 6.04. The van der Waals surface area contributed by atoms with Gasteiger partial charge < -0.3 is 4.90 Å². The van der Waals surface area contributed by atoms with Crippen LogP contribution >= 0.6 is 0 Å². The zero-order valence-electron chi connectivity index (χ0n) is 25.6. The molecule has 2 heteroatoms. The SMILES string of the molecule is CN1/C(=C/C=C/C2=[N+](C)c3ccccc3C2(Cc2ccccc2)Cc2ccccc2)C(C)(C)c2c1ccc1ccccc21. The van der Waals surface area contributed by atoms with Crippen LogP contribution in [0.25, 0.3) is 10.8 Å². The van der Waals surface area contributed by atoms with E-state index in [2.05, 4.69) is 177 Å². The Bertz CT molecular complexity index is 1870. The maximum atomic E-state index is 2.42. The summed E-state index contributed by atoms with van der Waals surface area (Å²) in [5, 5.41) is 2.64. The number of benzene rings is 5. The molecule has 5 aromatic rings. The first-order chi connectivity index (χ1) is 20.9. The lowest BCUT2D eigenvalue weighted by atomic mass is 9.69. The molecule has 2 nitrogen and oxygen atoms in total. The summed E-state index contributed by atoms with van der Waals surface area (Å²) in [5.74, 6) is 0. The summed E-state index contributed by atoms with van der Waals surface area (Å²) < 4.78 is 2.42. The van der Waals surface area contributed by atoms with Gasteiger partial charge in [0.05, 0.1) is 5.41 Å². The highest BCUT2D eigenvalue weighted by Crippen LogP contribution is 2.50. The fourth-order valence-electron chi connectivity index (χ4n) is 7.78. The molecule has 212 valence electrons. The average molecular weight is 560 g/mol. The van der Waals surface area contributed by atoms with Crippen LogP contribution in [0.2, 0.25) is 0 Å². The largest absolute Gasteiger partial charge is 0.347 e. The van der Waals surface area contributed by atoms with Crippen LogP contribution in [-0.2, 0) is 23.7 Å². The minimum absolute atomic E-state index is 0.115. The number of allylic oxidation sites excluding steroid dienone is 4. The second kappa shape index (κ2) is 10.5. The van der Waals surface area contributed by atoms with Gasteiger partial charge in [-0.25, -0.2) is 0 Å². The molecular formula is C41H39N2+. The van der Waals surface area contributed by atoms with Gasteiger partial charge >= 0.3 is 0 Å². The Kier molecular flexibility index (Phi) is 6.66. The Labute approximate surface area is 256 Å². The molecule has 43 heavy (non-hydrogen) atoms. The van der Waals surface area contributed by atoms with Crippen molar-refractivity contribution < 1.29 is 4.58 Å². The van der Waals surface area contributed by atoms with Crippen LogP contribution < -0.4 is 4.90 Å². The van der Waals surface area contributed by atoms with Crippen LogP contribution in [0.4, 0.5) is 11.4 Å². The maximum absolute atomic E-state index is 2.42. The lowest BCUT2D eigenvalue weighted by Crippen LogP contribution is -2.38. The fourth-order valence-corrected chi connectivity index (χ4v) is 7.78. The number of hydrogen-bond acceptors (Lipinski definition) is 1. The number of likely N-dealkylation sites (N-methyl/N-ethyl adjacent to an activating group) is 1. The first-order valence-electron chi connectivity index (χ1n) is 15.3. The quantitative estimate of drug-likeness (QED) is 0.188. The second-order valence-electron chi connectivity index (χ2n) is 12.6. The molecular weight excluding hydrogens is 520 g/mol. The molecule has 2 aliphatic rings. The van der Waals surface area contributed by atoms with Crippen LogP contribution in [0.15, 0.2) is 145 Å². The third kappa shape index (κ3) is 4.44. The zero-order valence-corrected chi connectivity index (χ0v) is 25.6. The van der Waals surface area contributed by atoms with E-state index >= 15 is 0 Å². The summed E-state index contributed by atoms with van der Waals surface area (Å²) in [6.45, 7) is 4.72.